The first kappa shape index (κ1) is 13.8. The van der Waals surface area contributed by atoms with E-state index in [9.17, 15) is 4.39 Å². The van der Waals surface area contributed by atoms with E-state index in [4.69, 9.17) is 17.3 Å². The topological polar surface area (TPSA) is 29.3 Å². The number of likely N-dealkylation sites (tertiary alicyclic amines) is 1. The lowest BCUT2D eigenvalue weighted by atomic mass is 9.93. The van der Waals surface area contributed by atoms with Crippen LogP contribution >= 0.6 is 11.6 Å². The molecule has 2 nitrogen and oxygen atoms in total. The van der Waals surface area contributed by atoms with Gasteiger partial charge in [-0.2, -0.15) is 0 Å². The van der Waals surface area contributed by atoms with Crippen molar-refractivity contribution in [2.24, 2.45) is 11.7 Å². The van der Waals surface area contributed by atoms with Gasteiger partial charge in [0.15, 0.2) is 0 Å². The average molecular weight is 271 g/mol. The second-order valence-corrected chi connectivity index (χ2v) is 5.60. The van der Waals surface area contributed by atoms with Crippen molar-refractivity contribution in [1.29, 1.82) is 0 Å². The molecule has 18 heavy (non-hydrogen) atoms. The Labute approximate surface area is 113 Å². The van der Waals surface area contributed by atoms with Crippen LogP contribution < -0.4 is 5.73 Å². The van der Waals surface area contributed by atoms with Gasteiger partial charge in [0.2, 0.25) is 0 Å². The summed E-state index contributed by atoms with van der Waals surface area (Å²) >= 11 is 6.19. The number of nitrogens with zero attached hydrogens (tertiary/aromatic N) is 1. The van der Waals surface area contributed by atoms with Crippen LogP contribution in [0, 0.1) is 11.7 Å². The number of benzene rings is 1. The number of rotatable bonds is 3. The molecule has 1 aliphatic rings. The van der Waals surface area contributed by atoms with E-state index in [0.29, 0.717) is 23.2 Å². The number of halogens is 2. The molecule has 0 spiro atoms. The summed E-state index contributed by atoms with van der Waals surface area (Å²) in [5.41, 5.74) is 6.44. The lowest BCUT2D eigenvalue weighted by Crippen LogP contribution is -2.34. The van der Waals surface area contributed by atoms with E-state index >= 15 is 0 Å². The third-order valence-corrected chi connectivity index (χ3v) is 4.15. The molecule has 2 unspecified atom stereocenters. The molecule has 0 saturated carbocycles. The first-order valence-electron chi connectivity index (χ1n) is 6.46. The van der Waals surface area contributed by atoms with Gasteiger partial charge in [-0.1, -0.05) is 17.7 Å². The molecule has 2 N–H and O–H groups in total. The third-order valence-electron chi connectivity index (χ3n) is 3.82. The molecule has 0 amide bonds. The van der Waals surface area contributed by atoms with Crippen molar-refractivity contribution in [1.82, 2.24) is 4.90 Å². The smallest absolute Gasteiger partial charge is 0.129 e. The van der Waals surface area contributed by atoms with Gasteiger partial charge in [0, 0.05) is 22.7 Å². The van der Waals surface area contributed by atoms with Crippen LogP contribution in [0.25, 0.3) is 0 Å². The van der Waals surface area contributed by atoms with Crippen LogP contribution in [-0.4, -0.2) is 24.0 Å². The van der Waals surface area contributed by atoms with Crippen LogP contribution in [0.15, 0.2) is 18.2 Å². The molecule has 2 rings (SSSR count). The van der Waals surface area contributed by atoms with Crippen LogP contribution in [0.4, 0.5) is 4.39 Å². The molecular formula is C14H20ClFN2. The van der Waals surface area contributed by atoms with Gasteiger partial charge < -0.3 is 5.73 Å². The molecule has 1 fully saturated rings. The summed E-state index contributed by atoms with van der Waals surface area (Å²) in [5.74, 6) is 0.0558. The summed E-state index contributed by atoms with van der Waals surface area (Å²) in [6.45, 7) is 5.77. The summed E-state index contributed by atoms with van der Waals surface area (Å²) in [6.07, 6.45) is 1.00. The fourth-order valence-corrected chi connectivity index (χ4v) is 3.18. The van der Waals surface area contributed by atoms with Crippen molar-refractivity contribution >= 4 is 11.6 Å². The van der Waals surface area contributed by atoms with Gasteiger partial charge in [-0.3, -0.25) is 4.90 Å². The van der Waals surface area contributed by atoms with Crippen molar-refractivity contribution in [3.8, 4) is 0 Å². The molecule has 2 atom stereocenters. The zero-order valence-electron chi connectivity index (χ0n) is 10.9. The van der Waals surface area contributed by atoms with Crippen molar-refractivity contribution in [2.75, 3.05) is 13.1 Å². The highest BCUT2D eigenvalue weighted by molar-refractivity contribution is 6.31. The fraction of sp³-hybridized carbons (Fsp3) is 0.571. The van der Waals surface area contributed by atoms with Crippen LogP contribution in [0.1, 0.15) is 31.9 Å². The minimum atomic E-state index is -0.224. The Morgan fingerprint density at radius 1 is 1.50 bits per heavy atom. The van der Waals surface area contributed by atoms with E-state index in [1.807, 2.05) is 0 Å². The lowest BCUT2D eigenvalue weighted by molar-refractivity contribution is 0.181. The molecule has 1 aliphatic heterocycles. The summed E-state index contributed by atoms with van der Waals surface area (Å²) in [4.78, 5) is 2.29. The predicted octanol–water partition coefficient (Wildman–Crippen LogP) is 3.21. The molecule has 4 heteroatoms. The standard InChI is InChI=1S/C14H20ClFN2/c1-9(2)18-7-6-10(8-17)14(18)13-11(15)4-3-5-12(13)16/h3-5,9-10,14H,6-8,17H2,1-2H3. The Balaban J connectivity index is 2.44. The molecule has 1 saturated heterocycles. The van der Waals surface area contributed by atoms with Crippen LogP contribution in [0.5, 0.6) is 0 Å². The maximum absolute atomic E-state index is 14.1. The summed E-state index contributed by atoms with van der Waals surface area (Å²) in [7, 11) is 0. The Morgan fingerprint density at radius 2 is 2.22 bits per heavy atom. The van der Waals surface area contributed by atoms with E-state index < -0.39 is 0 Å². The first-order chi connectivity index (χ1) is 8.56. The van der Waals surface area contributed by atoms with E-state index in [1.165, 1.54) is 6.07 Å². The lowest BCUT2D eigenvalue weighted by Gasteiger charge is -2.32. The Kier molecular flexibility index (Phi) is 4.25. The Bertz CT molecular complexity index is 402. The fourth-order valence-electron chi connectivity index (χ4n) is 2.90. The van der Waals surface area contributed by atoms with Crippen LogP contribution in [0.3, 0.4) is 0 Å². The highest BCUT2D eigenvalue weighted by Gasteiger charge is 2.38. The molecular weight excluding hydrogens is 251 g/mol. The second-order valence-electron chi connectivity index (χ2n) is 5.20. The molecule has 1 aromatic rings. The molecule has 0 radical (unpaired) electrons. The van der Waals surface area contributed by atoms with Gasteiger partial charge in [0.25, 0.3) is 0 Å². The SMILES string of the molecule is CC(C)N1CCC(CN)C1c1c(F)cccc1Cl. The summed E-state index contributed by atoms with van der Waals surface area (Å²) in [6, 6.07) is 5.24. The molecule has 1 heterocycles. The van der Waals surface area contributed by atoms with Crippen LogP contribution in [0.2, 0.25) is 5.02 Å². The average Bonchev–Trinajstić information content (AvgIpc) is 2.72. The first-order valence-corrected chi connectivity index (χ1v) is 6.83. The predicted molar refractivity (Wildman–Crippen MR) is 73.2 cm³/mol. The molecule has 0 bridgehead atoms. The van der Waals surface area contributed by atoms with Gasteiger partial charge in [-0.15, -0.1) is 0 Å². The van der Waals surface area contributed by atoms with E-state index in [0.717, 1.165) is 13.0 Å². The van der Waals surface area contributed by atoms with E-state index in [-0.39, 0.29) is 17.8 Å². The Hall–Kier alpha value is -0.640. The van der Waals surface area contributed by atoms with Crippen molar-refractivity contribution in [3.05, 3.63) is 34.6 Å². The maximum Gasteiger partial charge on any atom is 0.129 e. The van der Waals surface area contributed by atoms with Crippen LogP contribution in [-0.2, 0) is 0 Å². The number of hydrogen-bond acceptors (Lipinski definition) is 2. The van der Waals surface area contributed by atoms with E-state index in [2.05, 4.69) is 18.7 Å². The molecule has 0 aromatic heterocycles. The number of nitrogens with two attached hydrogens (primary N) is 1. The highest BCUT2D eigenvalue weighted by atomic mass is 35.5. The van der Waals surface area contributed by atoms with Crippen molar-refractivity contribution < 1.29 is 4.39 Å². The maximum atomic E-state index is 14.1. The van der Waals surface area contributed by atoms with Gasteiger partial charge in [-0.05, 0) is 51.4 Å². The molecule has 1 aromatic carbocycles. The molecule has 0 aliphatic carbocycles. The normalized spacial score (nSPS) is 25.0. The van der Waals surface area contributed by atoms with Gasteiger partial charge in [0.1, 0.15) is 5.82 Å². The van der Waals surface area contributed by atoms with E-state index in [1.54, 1.807) is 12.1 Å². The summed E-state index contributed by atoms with van der Waals surface area (Å²) < 4.78 is 14.1. The quantitative estimate of drug-likeness (QED) is 0.914. The minimum absolute atomic E-state index is 0.00343. The Morgan fingerprint density at radius 3 is 2.78 bits per heavy atom. The zero-order valence-corrected chi connectivity index (χ0v) is 11.6. The van der Waals surface area contributed by atoms with Gasteiger partial charge >= 0.3 is 0 Å². The van der Waals surface area contributed by atoms with Gasteiger partial charge in [0.05, 0.1) is 0 Å². The minimum Gasteiger partial charge on any atom is -0.330 e. The van der Waals surface area contributed by atoms with Crippen molar-refractivity contribution in [2.45, 2.75) is 32.4 Å². The summed E-state index contributed by atoms with van der Waals surface area (Å²) in [5, 5.41) is 0.506. The highest BCUT2D eigenvalue weighted by Crippen LogP contribution is 2.41. The largest absolute Gasteiger partial charge is 0.330 e. The second kappa shape index (κ2) is 5.55. The monoisotopic (exact) mass is 270 g/mol. The molecule has 100 valence electrons. The van der Waals surface area contributed by atoms with Gasteiger partial charge in [-0.25, -0.2) is 4.39 Å². The zero-order chi connectivity index (χ0) is 13.3. The van der Waals surface area contributed by atoms with Crippen molar-refractivity contribution in [3.63, 3.8) is 0 Å². The third kappa shape index (κ3) is 2.40. The number of hydrogen-bond donors (Lipinski definition) is 1.